The molecule has 0 saturated heterocycles. The maximum Gasteiger partial charge on any atom is 0.311 e. The second-order valence-electron chi connectivity index (χ2n) is 2.56. The van der Waals surface area contributed by atoms with Crippen LogP contribution in [0.2, 0.25) is 5.02 Å². The van der Waals surface area contributed by atoms with E-state index in [9.17, 15) is 4.79 Å². The van der Waals surface area contributed by atoms with Gasteiger partial charge in [-0.15, -0.1) is 0 Å². The van der Waals surface area contributed by atoms with Gasteiger partial charge < -0.3 is 9.47 Å². The number of ether oxygens (including phenoxy) is 2. The highest BCUT2D eigenvalue weighted by atomic mass is 35.5. The number of pyridine rings is 1. The van der Waals surface area contributed by atoms with Crippen molar-refractivity contribution in [3.63, 3.8) is 0 Å². The first-order valence-electron chi connectivity index (χ1n) is 3.92. The quantitative estimate of drug-likeness (QED) is 0.717. The minimum absolute atomic E-state index is 0.111. The van der Waals surface area contributed by atoms with Gasteiger partial charge in [0.1, 0.15) is 0 Å². The molecule has 0 amide bonds. The first-order valence-corrected chi connectivity index (χ1v) is 4.30. The molecule has 14 heavy (non-hydrogen) atoms. The van der Waals surface area contributed by atoms with E-state index in [1.165, 1.54) is 20.4 Å². The molecule has 1 aromatic heterocycles. The van der Waals surface area contributed by atoms with E-state index in [-0.39, 0.29) is 12.4 Å². The van der Waals surface area contributed by atoms with E-state index in [1.807, 2.05) is 0 Å². The van der Waals surface area contributed by atoms with Crippen molar-refractivity contribution in [2.75, 3.05) is 14.2 Å². The Labute approximate surface area is 86.8 Å². The average Bonchev–Trinajstić information content (AvgIpc) is 2.18. The minimum Gasteiger partial charge on any atom is -0.494 e. The van der Waals surface area contributed by atoms with Crippen molar-refractivity contribution in [2.24, 2.45) is 0 Å². The van der Waals surface area contributed by atoms with Gasteiger partial charge in [-0.3, -0.25) is 9.78 Å². The fourth-order valence-electron chi connectivity index (χ4n) is 0.925. The zero-order chi connectivity index (χ0) is 10.6. The highest BCUT2D eigenvalue weighted by Crippen LogP contribution is 2.23. The largest absolute Gasteiger partial charge is 0.494 e. The van der Waals surface area contributed by atoms with Gasteiger partial charge in [0.05, 0.1) is 37.6 Å². The van der Waals surface area contributed by atoms with Crippen molar-refractivity contribution in [3.8, 4) is 5.75 Å². The number of hydrogen-bond donors (Lipinski definition) is 0. The Morgan fingerprint density at radius 1 is 1.57 bits per heavy atom. The number of methoxy groups -OCH3 is 2. The van der Waals surface area contributed by atoms with Crippen LogP contribution in [0.5, 0.6) is 5.75 Å². The number of halogens is 1. The summed E-state index contributed by atoms with van der Waals surface area (Å²) in [6.45, 7) is 0. The van der Waals surface area contributed by atoms with Crippen LogP contribution >= 0.6 is 11.6 Å². The molecule has 0 N–H and O–H groups in total. The fourth-order valence-corrected chi connectivity index (χ4v) is 1.18. The molecule has 0 bridgehead atoms. The molecule has 0 saturated carbocycles. The number of nitrogens with zero attached hydrogens (tertiary/aromatic N) is 1. The topological polar surface area (TPSA) is 48.4 Å². The van der Waals surface area contributed by atoms with Crippen molar-refractivity contribution < 1.29 is 14.3 Å². The summed E-state index contributed by atoms with van der Waals surface area (Å²) in [6.07, 6.45) is 1.58. The van der Waals surface area contributed by atoms with Crippen LogP contribution in [0.4, 0.5) is 0 Å². The van der Waals surface area contributed by atoms with Gasteiger partial charge in [-0.2, -0.15) is 0 Å². The summed E-state index contributed by atoms with van der Waals surface area (Å²) in [4.78, 5) is 14.9. The van der Waals surface area contributed by atoms with Crippen LogP contribution in [0.1, 0.15) is 5.69 Å². The van der Waals surface area contributed by atoms with Crippen LogP contribution in [0.25, 0.3) is 0 Å². The molecular formula is C9H10ClNO3. The average molecular weight is 216 g/mol. The molecule has 0 unspecified atom stereocenters. The fraction of sp³-hybridized carbons (Fsp3) is 0.333. The monoisotopic (exact) mass is 215 g/mol. The Hall–Kier alpha value is -1.29. The third kappa shape index (κ3) is 2.60. The Bertz CT molecular complexity index is 341. The third-order valence-electron chi connectivity index (χ3n) is 1.65. The van der Waals surface area contributed by atoms with Crippen LogP contribution in [-0.2, 0) is 16.0 Å². The smallest absolute Gasteiger partial charge is 0.311 e. The Morgan fingerprint density at radius 3 is 2.79 bits per heavy atom. The van der Waals surface area contributed by atoms with Crippen molar-refractivity contribution in [1.82, 2.24) is 4.98 Å². The number of rotatable bonds is 3. The summed E-state index contributed by atoms with van der Waals surface area (Å²) in [5.74, 6) is 0.138. The Balaban J connectivity index is 2.81. The van der Waals surface area contributed by atoms with Crippen LogP contribution in [0.3, 0.4) is 0 Å². The first kappa shape index (κ1) is 10.8. The summed E-state index contributed by atoms with van der Waals surface area (Å²) in [5.41, 5.74) is 0.558. The van der Waals surface area contributed by atoms with Crippen LogP contribution < -0.4 is 4.74 Å². The van der Waals surface area contributed by atoms with Crippen LogP contribution in [0.15, 0.2) is 12.3 Å². The van der Waals surface area contributed by atoms with Crippen molar-refractivity contribution in [3.05, 3.63) is 23.0 Å². The normalized spacial score (nSPS) is 9.64. The molecule has 1 rings (SSSR count). The predicted octanol–water partition coefficient (Wildman–Crippen LogP) is 1.46. The number of hydrogen-bond acceptors (Lipinski definition) is 4. The third-order valence-corrected chi connectivity index (χ3v) is 1.94. The Morgan fingerprint density at radius 2 is 2.29 bits per heavy atom. The van der Waals surface area contributed by atoms with Gasteiger partial charge in [0.15, 0.2) is 5.75 Å². The number of esters is 1. The molecule has 0 aromatic carbocycles. The molecule has 0 atom stereocenters. The molecular weight excluding hydrogens is 206 g/mol. The van der Waals surface area contributed by atoms with E-state index in [0.717, 1.165) is 0 Å². The minimum atomic E-state index is -0.348. The molecule has 1 aromatic rings. The lowest BCUT2D eigenvalue weighted by Crippen LogP contribution is -2.06. The summed E-state index contributed by atoms with van der Waals surface area (Å²) >= 11 is 5.84. The summed E-state index contributed by atoms with van der Waals surface area (Å²) in [6, 6.07) is 1.58. The lowest BCUT2D eigenvalue weighted by Gasteiger charge is -2.04. The predicted molar refractivity (Wildman–Crippen MR) is 51.5 cm³/mol. The highest BCUT2D eigenvalue weighted by Gasteiger charge is 2.07. The first-order chi connectivity index (χ1) is 6.67. The van der Waals surface area contributed by atoms with Gasteiger partial charge in [-0.1, -0.05) is 11.6 Å². The maximum atomic E-state index is 10.9. The zero-order valence-corrected chi connectivity index (χ0v) is 8.67. The molecule has 4 nitrogen and oxygen atoms in total. The van der Waals surface area contributed by atoms with E-state index in [2.05, 4.69) is 9.72 Å². The number of carbonyl (C=O) groups is 1. The van der Waals surface area contributed by atoms with Crippen molar-refractivity contribution in [1.29, 1.82) is 0 Å². The zero-order valence-electron chi connectivity index (χ0n) is 7.91. The van der Waals surface area contributed by atoms with Gasteiger partial charge >= 0.3 is 5.97 Å². The lowest BCUT2D eigenvalue weighted by molar-refractivity contribution is -0.139. The van der Waals surface area contributed by atoms with E-state index in [1.54, 1.807) is 6.07 Å². The van der Waals surface area contributed by atoms with Crippen molar-refractivity contribution in [2.45, 2.75) is 6.42 Å². The SMILES string of the molecule is COC(=O)Cc1cc(Cl)c(OC)cn1. The molecule has 0 aliphatic rings. The standard InChI is InChI=1S/C9H10ClNO3/c1-13-8-5-11-6(3-7(8)10)4-9(12)14-2/h3,5H,4H2,1-2H3. The molecule has 5 heteroatoms. The molecule has 0 spiro atoms. The lowest BCUT2D eigenvalue weighted by atomic mass is 10.3. The maximum absolute atomic E-state index is 10.9. The second-order valence-corrected chi connectivity index (χ2v) is 2.97. The number of aromatic nitrogens is 1. The van der Waals surface area contributed by atoms with Gasteiger partial charge in [-0.05, 0) is 6.07 Å². The van der Waals surface area contributed by atoms with Crippen molar-refractivity contribution >= 4 is 17.6 Å². The van der Waals surface area contributed by atoms with Crippen LogP contribution in [-0.4, -0.2) is 25.2 Å². The summed E-state index contributed by atoms with van der Waals surface area (Å²) < 4.78 is 9.42. The second kappa shape index (κ2) is 4.81. The summed E-state index contributed by atoms with van der Waals surface area (Å²) in [5, 5.41) is 0.432. The van der Waals surface area contributed by atoms with Crippen LogP contribution in [0, 0.1) is 0 Å². The Kier molecular flexibility index (Phi) is 3.71. The highest BCUT2D eigenvalue weighted by molar-refractivity contribution is 6.32. The molecule has 76 valence electrons. The van der Waals surface area contributed by atoms with Gasteiger partial charge in [0.25, 0.3) is 0 Å². The van der Waals surface area contributed by atoms with E-state index in [0.29, 0.717) is 16.5 Å². The van der Waals surface area contributed by atoms with Gasteiger partial charge in [0, 0.05) is 0 Å². The molecule has 0 aliphatic carbocycles. The number of carbonyl (C=O) groups excluding carboxylic acids is 1. The van der Waals surface area contributed by atoms with E-state index >= 15 is 0 Å². The van der Waals surface area contributed by atoms with Gasteiger partial charge in [-0.25, -0.2) is 0 Å². The molecule has 0 aliphatic heterocycles. The van der Waals surface area contributed by atoms with E-state index in [4.69, 9.17) is 16.3 Å². The molecule has 0 radical (unpaired) electrons. The summed E-state index contributed by atoms with van der Waals surface area (Å²) in [7, 11) is 2.83. The molecule has 1 heterocycles. The van der Waals surface area contributed by atoms with E-state index < -0.39 is 0 Å². The van der Waals surface area contributed by atoms with Gasteiger partial charge in [0.2, 0.25) is 0 Å². The molecule has 0 fully saturated rings.